The van der Waals surface area contributed by atoms with E-state index < -0.39 is 0 Å². The van der Waals surface area contributed by atoms with Crippen LogP contribution in [0.5, 0.6) is 0 Å². The number of ether oxygens (including phenoxy) is 1. The monoisotopic (exact) mass is 335 g/mol. The zero-order valence-electron chi connectivity index (χ0n) is 10.7. The van der Waals surface area contributed by atoms with E-state index in [0.717, 1.165) is 23.0 Å². The molecule has 0 radical (unpaired) electrons. The SMILES string of the molecule is O=C(Nc1ccc(Br)cc1)[C@@H]1[C@@H]2C[C@@H]3[C@@H]1C(=O)O[C@@H]3C2. The third-order valence-electron chi connectivity index (χ3n) is 4.90. The van der Waals surface area contributed by atoms with Gasteiger partial charge in [-0.15, -0.1) is 0 Å². The Bertz CT molecular complexity index is 583. The molecular formula is C15H14BrNO3. The van der Waals surface area contributed by atoms with E-state index in [0.29, 0.717) is 5.92 Å². The number of anilines is 1. The van der Waals surface area contributed by atoms with Crippen molar-refractivity contribution in [3.8, 4) is 0 Å². The molecule has 1 aromatic rings. The largest absolute Gasteiger partial charge is 0.462 e. The van der Waals surface area contributed by atoms with Crippen molar-refractivity contribution in [3.63, 3.8) is 0 Å². The van der Waals surface area contributed by atoms with E-state index in [2.05, 4.69) is 21.2 Å². The lowest BCUT2D eigenvalue weighted by molar-refractivity contribution is -0.145. The van der Waals surface area contributed by atoms with Gasteiger partial charge in [0.1, 0.15) is 6.10 Å². The van der Waals surface area contributed by atoms with Gasteiger partial charge in [0.25, 0.3) is 0 Å². The second kappa shape index (κ2) is 4.32. The quantitative estimate of drug-likeness (QED) is 0.845. The van der Waals surface area contributed by atoms with Crippen LogP contribution in [-0.2, 0) is 14.3 Å². The molecule has 2 bridgehead atoms. The van der Waals surface area contributed by atoms with E-state index in [9.17, 15) is 9.59 Å². The van der Waals surface area contributed by atoms with E-state index in [1.54, 1.807) is 0 Å². The molecule has 3 fully saturated rings. The van der Waals surface area contributed by atoms with Crippen LogP contribution < -0.4 is 5.32 Å². The highest BCUT2D eigenvalue weighted by molar-refractivity contribution is 9.10. The van der Waals surface area contributed by atoms with E-state index in [-0.39, 0.29) is 35.7 Å². The van der Waals surface area contributed by atoms with Gasteiger partial charge in [0.2, 0.25) is 5.91 Å². The third-order valence-corrected chi connectivity index (χ3v) is 5.43. The summed E-state index contributed by atoms with van der Waals surface area (Å²) in [6, 6.07) is 7.47. The number of hydrogen-bond donors (Lipinski definition) is 1. The van der Waals surface area contributed by atoms with Crippen LogP contribution in [0.15, 0.2) is 28.7 Å². The van der Waals surface area contributed by atoms with Gasteiger partial charge in [-0.2, -0.15) is 0 Å². The topological polar surface area (TPSA) is 55.4 Å². The summed E-state index contributed by atoms with van der Waals surface area (Å²) in [5.74, 6) is -0.0627. The van der Waals surface area contributed by atoms with E-state index in [1.165, 1.54) is 0 Å². The zero-order chi connectivity index (χ0) is 13.9. The summed E-state index contributed by atoms with van der Waals surface area (Å²) >= 11 is 3.36. The number of esters is 1. The Labute approximate surface area is 125 Å². The lowest BCUT2D eigenvalue weighted by Gasteiger charge is -2.23. The minimum atomic E-state index is -0.214. The Kier molecular flexibility index (Phi) is 2.67. The number of fused-ring (bicyclic) bond motifs is 1. The first-order valence-corrected chi connectivity index (χ1v) is 7.70. The molecule has 1 saturated heterocycles. The molecule has 1 amide bonds. The van der Waals surface area contributed by atoms with E-state index in [4.69, 9.17) is 4.74 Å². The van der Waals surface area contributed by atoms with Crippen LogP contribution in [-0.4, -0.2) is 18.0 Å². The smallest absolute Gasteiger partial charge is 0.310 e. The molecule has 1 aromatic carbocycles. The molecule has 5 atom stereocenters. The van der Waals surface area contributed by atoms with Gasteiger partial charge in [0, 0.05) is 16.1 Å². The molecule has 1 aliphatic heterocycles. The molecule has 4 nitrogen and oxygen atoms in total. The standard InChI is InChI=1S/C15H14BrNO3/c16-8-1-3-9(4-2-8)17-14(18)12-7-5-10-11(6-7)20-15(19)13(10)12/h1-4,7,10-13H,5-6H2,(H,17,18)/t7-,10+,11-,12-,13+/m1/s1. The molecule has 3 aliphatic rings. The van der Waals surface area contributed by atoms with Crippen LogP contribution in [0.3, 0.4) is 0 Å². The summed E-state index contributed by atoms with van der Waals surface area (Å²) in [6.07, 6.45) is 1.89. The molecule has 1 heterocycles. The van der Waals surface area contributed by atoms with Gasteiger partial charge in [0.15, 0.2) is 0 Å². The molecule has 5 heteroatoms. The number of carbonyl (C=O) groups excluding carboxylic acids is 2. The van der Waals surface area contributed by atoms with Crippen LogP contribution in [0.4, 0.5) is 5.69 Å². The van der Waals surface area contributed by atoms with Crippen molar-refractivity contribution in [1.29, 1.82) is 0 Å². The zero-order valence-corrected chi connectivity index (χ0v) is 12.3. The Hall–Kier alpha value is -1.36. The number of hydrogen-bond acceptors (Lipinski definition) is 3. The Morgan fingerprint density at radius 3 is 2.75 bits per heavy atom. The highest BCUT2D eigenvalue weighted by Gasteiger charge is 2.63. The van der Waals surface area contributed by atoms with Crippen LogP contribution in [0.1, 0.15) is 12.8 Å². The van der Waals surface area contributed by atoms with Crippen LogP contribution in [0, 0.1) is 23.7 Å². The second-order valence-corrected chi connectivity index (χ2v) is 6.83. The van der Waals surface area contributed by atoms with Gasteiger partial charge in [-0.3, -0.25) is 9.59 Å². The summed E-state index contributed by atoms with van der Waals surface area (Å²) in [6.45, 7) is 0. The predicted octanol–water partition coefficient (Wildman–Crippen LogP) is 2.59. The molecule has 1 N–H and O–H groups in total. The number of rotatable bonds is 2. The summed E-state index contributed by atoms with van der Waals surface area (Å²) < 4.78 is 6.33. The van der Waals surface area contributed by atoms with Crippen molar-refractivity contribution in [1.82, 2.24) is 0 Å². The van der Waals surface area contributed by atoms with Gasteiger partial charge in [-0.25, -0.2) is 0 Å². The number of amides is 1. The number of halogens is 1. The first kappa shape index (κ1) is 12.4. The van der Waals surface area contributed by atoms with E-state index >= 15 is 0 Å². The number of carbonyl (C=O) groups is 2. The maximum atomic E-state index is 12.5. The minimum Gasteiger partial charge on any atom is -0.462 e. The predicted molar refractivity (Wildman–Crippen MR) is 75.8 cm³/mol. The van der Waals surface area contributed by atoms with Gasteiger partial charge in [-0.05, 0) is 43.0 Å². The highest BCUT2D eigenvalue weighted by Crippen LogP contribution is 2.57. The lowest BCUT2D eigenvalue weighted by Crippen LogP contribution is -2.35. The molecule has 0 spiro atoms. The Balaban J connectivity index is 1.54. The third kappa shape index (κ3) is 1.72. The first-order chi connectivity index (χ1) is 9.63. The molecule has 104 valence electrons. The lowest BCUT2D eigenvalue weighted by atomic mass is 9.79. The summed E-state index contributed by atoms with van der Waals surface area (Å²) in [5, 5.41) is 2.93. The van der Waals surface area contributed by atoms with Crippen LogP contribution in [0.2, 0.25) is 0 Å². The second-order valence-electron chi connectivity index (χ2n) is 5.92. The molecule has 4 rings (SSSR count). The Morgan fingerprint density at radius 1 is 1.25 bits per heavy atom. The van der Waals surface area contributed by atoms with Crippen molar-refractivity contribution in [2.45, 2.75) is 18.9 Å². The van der Waals surface area contributed by atoms with Crippen LogP contribution in [0.25, 0.3) is 0 Å². The number of nitrogens with one attached hydrogen (secondary N) is 1. The number of benzene rings is 1. The first-order valence-electron chi connectivity index (χ1n) is 6.90. The fourth-order valence-corrected chi connectivity index (χ4v) is 4.39. The van der Waals surface area contributed by atoms with Gasteiger partial charge in [-0.1, -0.05) is 15.9 Å². The van der Waals surface area contributed by atoms with Crippen molar-refractivity contribution in [2.24, 2.45) is 23.7 Å². The maximum absolute atomic E-state index is 12.5. The highest BCUT2D eigenvalue weighted by atomic mass is 79.9. The van der Waals surface area contributed by atoms with Crippen LogP contribution >= 0.6 is 15.9 Å². The van der Waals surface area contributed by atoms with Gasteiger partial charge < -0.3 is 10.1 Å². The summed E-state index contributed by atoms with van der Waals surface area (Å²) in [7, 11) is 0. The molecule has 2 aliphatic carbocycles. The normalized spacial score (nSPS) is 37.0. The van der Waals surface area contributed by atoms with Crippen molar-refractivity contribution in [3.05, 3.63) is 28.7 Å². The molecule has 2 saturated carbocycles. The van der Waals surface area contributed by atoms with Gasteiger partial charge in [0.05, 0.1) is 11.8 Å². The minimum absolute atomic E-state index is 0.0397. The average molecular weight is 336 g/mol. The van der Waals surface area contributed by atoms with Gasteiger partial charge >= 0.3 is 5.97 Å². The summed E-state index contributed by atoms with van der Waals surface area (Å²) in [4.78, 5) is 24.4. The molecule has 0 aromatic heterocycles. The van der Waals surface area contributed by atoms with Crippen molar-refractivity contribution in [2.75, 3.05) is 5.32 Å². The maximum Gasteiger partial charge on any atom is 0.310 e. The summed E-state index contributed by atoms with van der Waals surface area (Å²) in [5.41, 5.74) is 0.767. The fraction of sp³-hybridized carbons (Fsp3) is 0.467. The molecule has 0 unspecified atom stereocenters. The average Bonchev–Trinajstić information content (AvgIpc) is 3.02. The molecule has 20 heavy (non-hydrogen) atoms. The molecular weight excluding hydrogens is 322 g/mol. The fourth-order valence-electron chi connectivity index (χ4n) is 4.12. The van der Waals surface area contributed by atoms with E-state index in [1.807, 2.05) is 24.3 Å². The Morgan fingerprint density at radius 2 is 2.00 bits per heavy atom. The van der Waals surface area contributed by atoms with Crippen molar-refractivity contribution >= 4 is 33.5 Å². The van der Waals surface area contributed by atoms with Crippen molar-refractivity contribution < 1.29 is 14.3 Å².